The van der Waals surface area contributed by atoms with Crippen LogP contribution in [0.2, 0.25) is 5.02 Å². The van der Waals surface area contributed by atoms with Crippen LogP contribution in [0.4, 0.5) is 0 Å². The van der Waals surface area contributed by atoms with Crippen LogP contribution in [-0.2, 0) is 13.1 Å². The minimum Gasteiger partial charge on any atom is -0.359 e. The Bertz CT molecular complexity index is 975. The molecule has 0 bridgehead atoms. The maximum absolute atomic E-state index is 12.7. The number of carbonyl (C=O) groups is 2. The first-order chi connectivity index (χ1) is 14.1. The van der Waals surface area contributed by atoms with E-state index >= 15 is 0 Å². The molecule has 2 heterocycles. The zero-order valence-corrected chi connectivity index (χ0v) is 16.7. The summed E-state index contributed by atoms with van der Waals surface area (Å²) in [5.74, 6) is -0.0764. The number of halogens is 1. The maximum atomic E-state index is 12.7. The minimum atomic E-state index is -0.361. The molecule has 1 aromatic carbocycles. The first-order valence-corrected chi connectivity index (χ1v) is 9.62. The smallest absolute Gasteiger partial charge is 0.273 e. The summed E-state index contributed by atoms with van der Waals surface area (Å²) in [6, 6.07) is 12.2. The first-order valence-electron chi connectivity index (χ1n) is 9.24. The van der Waals surface area contributed by atoms with E-state index in [2.05, 4.69) is 15.5 Å². The molecular formula is C21H21ClN4O3. The van der Waals surface area contributed by atoms with Gasteiger partial charge in [0.15, 0.2) is 11.5 Å². The molecule has 0 radical (unpaired) electrons. The van der Waals surface area contributed by atoms with Crippen LogP contribution in [0, 0.1) is 0 Å². The number of nitrogens with one attached hydrogen (secondary N) is 1. The molecule has 7 nitrogen and oxygen atoms in total. The van der Waals surface area contributed by atoms with Gasteiger partial charge in [0.05, 0.1) is 12.1 Å². The number of hydrogen-bond acceptors (Lipinski definition) is 5. The van der Waals surface area contributed by atoms with Gasteiger partial charge in [0.1, 0.15) is 0 Å². The summed E-state index contributed by atoms with van der Waals surface area (Å²) < 4.78 is 5.28. The van der Waals surface area contributed by atoms with E-state index in [9.17, 15) is 9.59 Å². The van der Waals surface area contributed by atoms with Gasteiger partial charge in [0, 0.05) is 36.6 Å². The molecule has 29 heavy (non-hydrogen) atoms. The predicted octanol–water partition coefficient (Wildman–Crippen LogP) is 3.71. The molecule has 0 aliphatic rings. The Kier molecular flexibility index (Phi) is 6.97. The van der Waals surface area contributed by atoms with Crippen LogP contribution < -0.4 is 5.32 Å². The summed E-state index contributed by atoms with van der Waals surface area (Å²) in [5.41, 5.74) is 1.54. The highest BCUT2D eigenvalue weighted by Gasteiger charge is 2.19. The van der Waals surface area contributed by atoms with Crippen LogP contribution in [0.3, 0.4) is 0 Å². The molecule has 0 aliphatic carbocycles. The van der Waals surface area contributed by atoms with Crippen molar-refractivity contribution in [1.29, 1.82) is 0 Å². The average Bonchev–Trinajstić information content (AvgIpc) is 3.20. The third kappa shape index (κ3) is 5.65. The van der Waals surface area contributed by atoms with E-state index < -0.39 is 0 Å². The average molecular weight is 413 g/mol. The number of nitrogens with zero attached hydrogens (tertiary/aromatic N) is 3. The maximum Gasteiger partial charge on any atom is 0.273 e. The molecule has 2 aromatic heterocycles. The van der Waals surface area contributed by atoms with Crippen molar-refractivity contribution in [1.82, 2.24) is 20.4 Å². The Hall–Kier alpha value is -3.19. The zero-order chi connectivity index (χ0) is 20.6. The van der Waals surface area contributed by atoms with E-state index in [1.54, 1.807) is 41.4 Å². The van der Waals surface area contributed by atoms with Gasteiger partial charge in [-0.1, -0.05) is 35.8 Å². The molecule has 150 valence electrons. The van der Waals surface area contributed by atoms with Gasteiger partial charge in [-0.15, -0.1) is 0 Å². The number of rotatable bonds is 8. The summed E-state index contributed by atoms with van der Waals surface area (Å²) >= 11 is 5.95. The van der Waals surface area contributed by atoms with E-state index in [0.29, 0.717) is 29.4 Å². The lowest BCUT2D eigenvalue weighted by atomic mass is 10.2. The second-order valence-corrected chi connectivity index (χ2v) is 6.90. The molecule has 0 unspecified atom stereocenters. The second-order valence-electron chi connectivity index (χ2n) is 6.46. The van der Waals surface area contributed by atoms with Crippen LogP contribution in [0.5, 0.6) is 0 Å². The SMILES string of the molecule is CCCN(Cc1cc(C(=O)NCc2cccc(Cl)c2)no1)C(=O)c1cccnc1. The van der Waals surface area contributed by atoms with Crippen molar-refractivity contribution < 1.29 is 14.1 Å². The van der Waals surface area contributed by atoms with Gasteiger partial charge < -0.3 is 14.7 Å². The number of aromatic nitrogens is 2. The lowest BCUT2D eigenvalue weighted by Crippen LogP contribution is -2.31. The summed E-state index contributed by atoms with van der Waals surface area (Å²) in [6.45, 7) is 3.07. The molecule has 2 amide bonds. The first kappa shape index (κ1) is 20.5. The van der Waals surface area contributed by atoms with Crippen molar-refractivity contribution in [3.63, 3.8) is 0 Å². The van der Waals surface area contributed by atoms with Crippen molar-refractivity contribution in [2.45, 2.75) is 26.4 Å². The standard InChI is InChI=1S/C21H21ClN4O3/c1-2-9-26(21(28)16-6-4-8-23-13-16)14-18-11-19(25-29-18)20(27)24-12-15-5-3-7-17(22)10-15/h3-8,10-11,13H,2,9,12,14H2,1H3,(H,24,27). The zero-order valence-electron chi connectivity index (χ0n) is 16.0. The van der Waals surface area contributed by atoms with E-state index in [-0.39, 0.29) is 24.1 Å². The highest BCUT2D eigenvalue weighted by molar-refractivity contribution is 6.30. The number of pyridine rings is 1. The molecule has 3 rings (SSSR count). The number of carbonyl (C=O) groups excluding carboxylic acids is 2. The summed E-state index contributed by atoms with van der Waals surface area (Å²) in [5, 5.41) is 7.21. The fourth-order valence-corrected chi connectivity index (χ4v) is 3.01. The van der Waals surface area contributed by atoms with E-state index in [1.165, 1.54) is 6.20 Å². The lowest BCUT2D eigenvalue weighted by molar-refractivity contribution is 0.0726. The van der Waals surface area contributed by atoms with Crippen LogP contribution in [0.25, 0.3) is 0 Å². The molecule has 0 aliphatic heterocycles. The Morgan fingerprint density at radius 2 is 2.07 bits per heavy atom. The van der Waals surface area contributed by atoms with Gasteiger partial charge in [-0.2, -0.15) is 0 Å². The lowest BCUT2D eigenvalue weighted by Gasteiger charge is -2.20. The van der Waals surface area contributed by atoms with Crippen molar-refractivity contribution in [2.75, 3.05) is 6.54 Å². The molecule has 3 aromatic rings. The number of hydrogen-bond donors (Lipinski definition) is 1. The van der Waals surface area contributed by atoms with E-state index in [0.717, 1.165) is 12.0 Å². The molecule has 0 saturated carbocycles. The quantitative estimate of drug-likeness (QED) is 0.609. The summed E-state index contributed by atoms with van der Waals surface area (Å²) in [4.78, 5) is 30.7. The highest BCUT2D eigenvalue weighted by atomic mass is 35.5. The van der Waals surface area contributed by atoms with Gasteiger partial charge >= 0.3 is 0 Å². The number of amides is 2. The largest absolute Gasteiger partial charge is 0.359 e. The topological polar surface area (TPSA) is 88.3 Å². The number of benzene rings is 1. The normalized spacial score (nSPS) is 10.6. The second kappa shape index (κ2) is 9.84. The van der Waals surface area contributed by atoms with Crippen molar-refractivity contribution >= 4 is 23.4 Å². The predicted molar refractivity (Wildman–Crippen MR) is 108 cm³/mol. The van der Waals surface area contributed by atoms with Crippen molar-refractivity contribution in [3.8, 4) is 0 Å². The third-order valence-electron chi connectivity index (χ3n) is 4.17. The minimum absolute atomic E-state index is 0.150. The van der Waals surface area contributed by atoms with Gasteiger partial charge in [-0.05, 0) is 36.2 Å². The Balaban J connectivity index is 1.63. The van der Waals surface area contributed by atoms with Gasteiger partial charge in [-0.3, -0.25) is 14.6 Å². The Labute approximate surface area is 173 Å². The fourth-order valence-electron chi connectivity index (χ4n) is 2.80. The van der Waals surface area contributed by atoms with Crippen molar-refractivity contribution in [3.05, 3.63) is 82.5 Å². The summed E-state index contributed by atoms with van der Waals surface area (Å²) in [7, 11) is 0. The monoisotopic (exact) mass is 412 g/mol. The molecule has 0 spiro atoms. The molecule has 0 fully saturated rings. The van der Waals surface area contributed by atoms with Crippen LogP contribution in [0.15, 0.2) is 59.4 Å². The van der Waals surface area contributed by atoms with Gasteiger partial charge in [0.2, 0.25) is 0 Å². The fraction of sp³-hybridized carbons (Fsp3) is 0.238. The van der Waals surface area contributed by atoms with E-state index in [1.807, 2.05) is 19.1 Å². The third-order valence-corrected chi connectivity index (χ3v) is 4.40. The highest BCUT2D eigenvalue weighted by Crippen LogP contribution is 2.13. The van der Waals surface area contributed by atoms with Gasteiger partial charge in [-0.25, -0.2) is 0 Å². The molecule has 0 saturated heterocycles. The van der Waals surface area contributed by atoms with E-state index in [4.69, 9.17) is 16.1 Å². The van der Waals surface area contributed by atoms with Crippen LogP contribution in [0.1, 0.15) is 45.5 Å². The summed E-state index contributed by atoms with van der Waals surface area (Å²) in [6.07, 6.45) is 3.93. The Morgan fingerprint density at radius 3 is 2.79 bits per heavy atom. The van der Waals surface area contributed by atoms with Gasteiger partial charge in [0.25, 0.3) is 11.8 Å². The molecule has 1 N–H and O–H groups in total. The Morgan fingerprint density at radius 1 is 1.21 bits per heavy atom. The van der Waals surface area contributed by atoms with Crippen LogP contribution in [-0.4, -0.2) is 33.4 Å². The molecule has 8 heteroatoms. The molecular weight excluding hydrogens is 392 g/mol. The van der Waals surface area contributed by atoms with Crippen molar-refractivity contribution in [2.24, 2.45) is 0 Å². The van der Waals surface area contributed by atoms with Crippen LogP contribution >= 0.6 is 11.6 Å². The molecule has 0 atom stereocenters.